The molecule has 130 valence electrons. The maximum Gasteiger partial charge on any atom is 0.146 e. The highest BCUT2D eigenvalue weighted by Crippen LogP contribution is 2.24. The molecule has 0 spiro atoms. The Balaban J connectivity index is 1.61. The summed E-state index contributed by atoms with van der Waals surface area (Å²) in [7, 11) is 0. The molecule has 0 bridgehead atoms. The van der Waals surface area contributed by atoms with Crippen molar-refractivity contribution in [1.82, 2.24) is 15.5 Å². The lowest BCUT2D eigenvalue weighted by Gasteiger charge is -2.31. The van der Waals surface area contributed by atoms with Crippen molar-refractivity contribution in [2.75, 3.05) is 18.0 Å². The summed E-state index contributed by atoms with van der Waals surface area (Å²) in [6.07, 6.45) is 2.97. The van der Waals surface area contributed by atoms with Crippen LogP contribution in [0.5, 0.6) is 0 Å². The lowest BCUT2D eigenvalue weighted by Crippen LogP contribution is -2.36. The van der Waals surface area contributed by atoms with Crippen LogP contribution >= 0.6 is 0 Å². The van der Waals surface area contributed by atoms with Gasteiger partial charge in [-0.1, -0.05) is 6.07 Å². The molecular weight excluding hydrogens is 307 g/mol. The van der Waals surface area contributed by atoms with Gasteiger partial charge in [0.15, 0.2) is 0 Å². The van der Waals surface area contributed by atoms with E-state index in [1.165, 1.54) is 0 Å². The molecule has 5 nitrogen and oxygen atoms in total. The van der Waals surface area contributed by atoms with Crippen molar-refractivity contribution in [2.24, 2.45) is 0 Å². The number of benzene rings is 1. The number of anilines is 1. The van der Waals surface area contributed by atoms with Gasteiger partial charge in [0.25, 0.3) is 0 Å². The third-order valence-electron chi connectivity index (χ3n) is 4.77. The average Bonchev–Trinajstić information content (AvgIpc) is 3.00. The SMILES string of the molecule is Cc1[nH]ncc1C(C)NCc1ccc(N2CCC(O)CC2)c(F)c1. The van der Waals surface area contributed by atoms with Gasteiger partial charge in [-0.05, 0) is 44.4 Å². The third-order valence-corrected chi connectivity index (χ3v) is 4.77. The smallest absolute Gasteiger partial charge is 0.146 e. The number of H-pyrrole nitrogens is 1. The topological polar surface area (TPSA) is 64.2 Å². The highest BCUT2D eigenvalue weighted by atomic mass is 19.1. The summed E-state index contributed by atoms with van der Waals surface area (Å²) in [4.78, 5) is 2.01. The quantitative estimate of drug-likeness (QED) is 0.788. The molecule has 24 heavy (non-hydrogen) atoms. The molecule has 6 heteroatoms. The van der Waals surface area contributed by atoms with Crippen LogP contribution in [0.2, 0.25) is 0 Å². The van der Waals surface area contributed by atoms with Crippen molar-refractivity contribution >= 4 is 5.69 Å². The first-order chi connectivity index (χ1) is 11.5. The van der Waals surface area contributed by atoms with E-state index in [0.717, 1.165) is 16.8 Å². The molecule has 0 amide bonds. The van der Waals surface area contributed by atoms with E-state index in [9.17, 15) is 9.50 Å². The van der Waals surface area contributed by atoms with Gasteiger partial charge in [0.2, 0.25) is 0 Å². The molecule has 1 fully saturated rings. The van der Waals surface area contributed by atoms with Gasteiger partial charge in [-0.3, -0.25) is 5.10 Å². The monoisotopic (exact) mass is 332 g/mol. The van der Waals surface area contributed by atoms with E-state index >= 15 is 0 Å². The fourth-order valence-electron chi connectivity index (χ4n) is 3.20. The van der Waals surface area contributed by atoms with Crippen LogP contribution in [0.3, 0.4) is 0 Å². The first kappa shape index (κ1) is 16.9. The van der Waals surface area contributed by atoms with Crippen LogP contribution < -0.4 is 10.2 Å². The molecule has 1 unspecified atom stereocenters. The first-order valence-corrected chi connectivity index (χ1v) is 8.49. The largest absolute Gasteiger partial charge is 0.393 e. The zero-order valence-electron chi connectivity index (χ0n) is 14.2. The second-order valence-electron chi connectivity index (χ2n) is 6.56. The summed E-state index contributed by atoms with van der Waals surface area (Å²) >= 11 is 0. The second kappa shape index (κ2) is 7.32. The normalized spacial score (nSPS) is 17.2. The fraction of sp³-hybridized carbons (Fsp3) is 0.500. The Morgan fingerprint density at radius 3 is 2.79 bits per heavy atom. The third kappa shape index (κ3) is 3.76. The number of aliphatic hydroxyl groups excluding tert-OH is 1. The Morgan fingerprint density at radius 1 is 1.42 bits per heavy atom. The van der Waals surface area contributed by atoms with E-state index in [-0.39, 0.29) is 18.0 Å². The lowest BCUT2D eigenvalue weighted by molar-refractivity contribution is 0.145. The van der Waals surface area contributed by atoms with E-state index in [4.69, 9.17) is 0 Å². The average molecular weight is 332 g/mol. The Bertz CT molecular complexity index is 679. The van der Waals surface area contributed by atoms with Crippen LogP contribution in [0.4, 0.5) is 10.1 Å². The molecule has 2 heterocycles. The molecule has 1 aromatic carbocycles. The maximum atomic E-state index is 14.4. The van der Waals surface area contributed by atoms with E-state index in [0.29, 0.717) is 38.2 Å². The molecule has 0 saturated carbocycles. The molecule has 1 atom stereocenters. The van der Waals surface area contributed by atoms with E-state index in [1.807, 2.05) is 30.2 Å². The van der Waals surface area contributed by atoms with Crippen molar-refractivity contribution in [3.05, 3.63) is 47.0 Å². The molecule has 1 aromatic heterocycles. The first-order valence-electron chi connectivity index (χ1n) is 8.49. The predicted molar refractivity (Wildman–Crippen MR) is 92.4 cm³/mol. The summed E-state index contributed by atoms with van der Waals surface area (Å²) in [5.41, 5.74) is 3.72. The van der Waals surface area contributed by atoms with Gasteiger partial charge in [-0.2, -0.15) is 5.10 Å². The molecule has 1 saturated heterocycles. The highest BCUT2D eigenvalue weighted by Gasteiger charge is 2.19. The predicted octanol–water partition coefficient (Wildman–Crippen LogP) is 2.67. The molecule has 3 N–H and O–H groups in total. The van der Waals surface area contributed by atoms with Gasteiger partial charge in [-0.25, -0.2) is 4.39 Å². The number of nitrogens with one attached hydrogen (secondary N) is 2. The number of aryl methyl sites for hydroxylation is 1. The van der Waals surface area contributed by atoms with Crippen LogP contribution in [0.25, 0.3) is 0 Å². The number of piperidine rings is 1. The standard InChI is InChI=1S/C18H25FN4O/c1-12(16-11-21-22-13(16)2)20-10-14-3-4-18(17(19)9-14)23-7-5-15(24)6-8-23/h3-4,9,11-12,15,20,24H,5-8,10H2,1-2H3,(H,21,22). The number of hydrogen-bond donors (Lipinski definition) is 3. The lowest BCUT2D eigenvalue weighted by atomic mass is 10.1. The van der Waals surface area contributed by atoms with Crippen molar-refractivity contribution in [1.29, 1.82) is 0 Å². The van der Waals surface area contributed by atoms with Crippen molar-refractivity contribution < 1.29 is 9.50 Å². The summed E-state index contributed by atoms with van der Waals surface area (Å²) < 4.78 is 14.4. The zero-order chi connectivity index (χ0) is 17.1. The molecule has 1 aliphatic rings. The Morgan fingerprint density at radius 2 is 2.17 bits per heavy atom. The molecule has 1 aliphatic heterocycles. The fourth-order valence-corrected chi connectivity index (χ4v) is 3.20. The number of nitrogens with zero attached hydrogens (tertiary/aromatic N) is 2. The summed E-state index contributed by atoms with van der Waals surface area (Å²) in [6, 6.07) is 5.56. The maximum absolute atomic E-state index is 14.4. The number of aliphatic hydroxyl groups is 1. The molecule has 2 aromatic rings. The number of rotatable bonds is 5. The molecule has 0 aliphatic carbocycles. The summed E-state index contributed by atoms with van der Waals surface area (Å²) in [6.45, 7) is 6.06. The van der Waals surface area contributed by atoms with Crippen molar-refractivity contribution in [3.63, 3.8) is 0 Å². The highest BCUT2D eigenvalue weighted by molar-refractivity contribution is 5.49. The van der Waals surface area contributed by atoms with Gasteiger partial charge >= 0.3 is 0 Å². The molecule has 0 radical (unpaired) electrons. The number of hydrogen-bond acceptors (Lipinski definition) is 4. The molecule has 3 rings (SSSR count). The summed E-state index contributed by atoms with van der Waals surface area (Å²) in [5, 5.41) is 19.9. The Kier molecular flexibility index (Phi) is 5.16. The van der Waals surface area contributed by atoms with E-state index < -0.39 is 0 Å². The number of aromatic amines is 1. The van der Waals surface area contributed by atoms with Crippen LogP contribution in [0, 0.1) is 12.7 Å². The minimum atomic E-state index is -0.249. The Hall–Kier alpha value is -1.92. The minimum absolute atomic E-state index is 0.148. The van der Waals surface area contributed by atoms with Gasteiger partial charge in [0.05, 0.1) is 18.0 Å². The van der Waals surface area contributed by atoms with Gasteiger partial charge in [0, 0.05) is 36.9 Å². The van der Waals surface area contributed by atoms with Gasteiger partial charge in [-0.15, -0.1) is 0 Å². The van der Waals surface area contributed by atoms with E-state index in [1.54, 1.807) is 6.07 Å². The van der Waals surface area contributed by atoms with Crippen LogP contribution in [0.1, 0.15) is 42.6 Å². The van der Waals surface area contributed by atoms with Gasteiger partial charge < -0.3 is 15.3 Å². The van der Waals surface area contributed by atoms with Crippen LogP contribution in [-0.2, 0) is 6.54 Å². The minimum Gasteiger partial charge on any atom is -0.393 e. The number of aromatic nitrogens is 2. The second-order valence-corrected chi connectivity index (χ2v) is 6.56. The van der Waals surface area contributed by atoms with E-state index in [2.05, 4.69) is 22.4 Å². The van der Waals surface area contributed by atoms with Crippen LogP contribution in [0.15, 0.2) is 24.4 Å². The summed E-state index contributed by atoms with van der Waals surface area (Å²) in [5.74, 6) is -0.196. The van der Waals surface area contributed by atoms with Crippen molar-refractivity contribution in [2.45, 2.75) is 45.4 Å². The van der Waals surface area contributed by atoms with Crippen LogP contribution in [-0.4, -0.2) is 34.5 Å². The van der Waals surface area contributed by atoms with Crippen molar-refractivity contribution in [3.8, 4) is 0 Å². The zero-order valence-corrected chi connectivity index (χ0v) is 14.2. The number of halogens is 1. The molecular formula is C18H25FN4O. The van der Waals surface area contributed by atoms with Gasteiger partial charge in [0.1, 0.15) is 5.82 Å². The Labute approximate surface area is 141 Å².